The number of carbonyl (C=O) groups is 1. The number of amides is 1. The predicted octanol–water partition coefficient (Wildman–Crippen LogP) is 4.41. The van der Waals surface area contributed by atoms with Gasteiger partial charge < -0.3 is 14.4 Å². The van der Waals surface area contributed by atoms with Gasteiger partial charge in [-0.05, 0) is 54.7 Å². The second-order valence-corrected chi connectivity index (χ2v) is 6.63. The molecule has 4 nitrogen and oxygen atoms in total. The third kappa shape index (κ3) is 3.78. The van der Waals surface area contributed by atoms with Gasteiger partial charge in [-0.2, -0.15) is 0 Å². The van der Waals surface area contributed by atoms with Crippen LogP contribution in [0.5, 0.6) is 11.5 Å². The van der Waals surface area contributed by atoms with E-state index in [0.29, 0.717) is 47.2 Å². The number of rotatable bonds is 5. The van der Waals surface area contributed by atoms with Crippen molar-refractivity contribution < 1.29 is 18.7 Å². The molecule has 0 spiro atoms. The van der Waals surface area contributed by atoms with Gasteiger partial charge in [0.05, 0.1) is 19.9 Å². The number of aryl methyl sites for hydroxylation is 1. The van der Waals surface area contributed by atoms with Gasteiger partial charge in [0.25, 0.3) is 0 Å². The van der Waals surface area contributed by atoms with Crippen LogP contribution < -0.4 is 14.4 Å². The molecule has 138 valence electrons. The summed E-state index contributed by atoms with van der Waals surface area (Å²) in [5.41, 5.74) is 1.98. The zero-order valence-corrected chi connectivity index (χ0v) is 15.6. The van der Waals surface area contributed by atoms with Gasteiger partial charge in [0, 0.05) is 24.1 Å². The van der Waals surface area contributed by atoms with Gasteiger partial charge in [-0.3, -0.25) is 4.79 Å². The quantitative estimate of drug-likeness (QED) is 0.774. The molecule has 0 fully saturated rings. The van der Waals surface area contributed by atoms with Crippen LogP contribution >= 0.6 is 11.6 Å². The summed E-state index contributed by atoms with van der Waals surface area (Å²) in [4.78, 5) is 14.3. The minimum atomic E-state index is -0.402. The highest BCUT2D eigenvalue weighted by atomic mass is 35.5. The standard InChI is InChI=1S/C20H21ClFNO3/c1-25-14-10-13(11-15(12-14)26-2)5-8-19(24)23-9-3-4-16-17(21)6-7-18(22)20(16)23/h6-7,10-12H,3-5,8-9H2,1-2H3. The Morgan fingerprint density at radius 3 is 2.54 bits per heavy atom. The molecule has 3 rings (SSSR count). The molecule has 0 aromatic heterocycles. The molecule has 0 saturated heterocycles. The zero-order valence-electron chi connectivity index (χ0n) is 14.9. The predicted molar refractivity (Wildman–Crippen MR) is 100.0 cm³/mol. The summed E-state index contributed by atoms with van der Waals surface area (Å²) >= 11 is 6.19. The van der Waals surface area contributed by atoms with Crippen LogP contribution in [0.2, 0.25) is 5.02 Å². The summed E-state index contributed by atoms with van der Waals surface area (Å²) < 4.78 is 24.8. The fraction of sp³-hybridized carbons (Fsp3) is 0.350. The van der Waals surface area contributed by atoms with Crippen molar-refractivity contribution in [1.29, 1.82) is 0 Å². The monoisotopic (exact) mass is 377 g/mol. The van der Waals surface area contributed by atoms with Crippen LogP contribution in [-0.4, -0.2) is 26.7 Å². The normalized spacial score (nSPS) is 13.3. The van der Waals surface area contributed by atoms with Crippen LogP contribution in [0.15, 0.2) is 30.3 Å². The van der Waals surface area contributed by atoms with Crippen molar-refractivity contribution >= 4 is 23.2 Å². The minimum Gasteiger partial charge on any atom is -0.497 e. The molecule has 0 saturated carbocycles. The Morgan fingerprint density at radius 2 is 1.88 bits per heavy atom. The molecule has 1 aliphatic heterocycles. The third-order valence-electron chi connectivity index (χ3n) is 4.59. The van der Waals surface area contributed by atoms with Crippen molar-refractivity contribution in [3.63, 3.8) is 0 Å². The first-order chi connectivity index (χ1) is 12.5. The molecule has 1 heterocycles. The van der Waals surface area contributed by atoms with Gasteiger partial charge in [0.15, 0.2) is 0 Å². The summed E-state index contributed by atoms with van der Waals surface area (Å²) in [6.07, 6.45) is 2.24. The number of benzene rings is 2. The highest BCUT2D eigenvalue weighted by Crippen LogP contribution is 2.35. The van der Waals surface area contributed by atoms with E-state index in [9.17, 15) is 9.18 Å². The molecule has 0 atom stereocenters. The Kier molecular flexibility index (Phi) is 5.67. The lowest BCUT2D eigenvalue weighted by molar-refractivity contribution is -0.118. The minimum absolute atomic E-state index is 0.117. The summed E-state index contributed by atoms with van der Waals surface area (Å²) in [5, 5.41) is 0.511. The average molecular weight is 378 g/mol. The highest BCUT2D eigenvalue weighted by Gasteiger charge is 2.27. The molecule has 0 unspecified atom stereocenters. The first-order valence-electron chi connectivity index (χ1n) is 8.52. The maximum atomic E-state index is 14.3. The zero-order chi connectivity index (χ0) is 18.7. The smallest absolute Gasteiger partial charge is 0.227 e. The van der Waals surface area contributed by atoms with Gasteiger partial charge in [0.1, 0.15) is 17.3 Å². The average Bonchev–Trinajstić information content (AvgIpc) is 2.68. The number of nitrogens with zero attached hydrogens (tertiary/aromatic N) is 1. The molecule has 6 heteroatoms. The first kappa shape index (κ1) is 18.5. The largest absolute Gasteiger partial charge is 0.497 e. The molecular weight excluding hydrogens is 357 g/mol. The van der Waals surface area contributed by atoms with Gasteiger partial charge in [-0.25, -0.2) is 4.39 Å². The number of ether oxygens (including phenoxy) is 2. The Balaban J connectivity index is 1.78. The lowest BCUT2D eigenvalue weighted by Gasteiger charge is -2.30. The van der Waals surface area contributed by atoms with E-state index in [2.05, 4.69) is 0 Å². The van der Waals surface area contributed by atoms with E-state index < -0.39 is 5.82 Å². The van der Waals surface area contributed by atoms with Crippen molar-refractivity contribution in [3.05, 3.63) is 52.3 Å². The Labute approximate surface area is 157 Å². The molecule has 0 radical (unpaired) electrons. The van der Waals surface area contributed by atoms with Crippen LogP contribution in [0.25, 0.3) is 0 Å². The van der Waals surface area contributed by atoms with Crippen molar-refractivity contribution in [3.8, 4) is 11.5 Å². The number of halogens is 2. The lowest BCUT2D eigenvalue weighted by Crippen LogP contribution is -2.36. The molecule has 0 bridgehead atoms. The summed E-state index contributed by atoms with van der Waals surface area (Å²) in [6.45, 7) is 0.504. The second kappa shape index (κ2) is 7.96. The van der Waals surface area contributed by atoms with Crippen LogP contribution in [0.3, 0.4) is 0 Å². The number of hydrogen-bond acceptors (Lipinski definition) is 3. The second-order valence-electron chi connectivity index (χ2n) is 6.23. The number of hydrogen-bond donors (Lipinski definition) is 0. The highest BCUT2D eigenvalue weighted by molar-refractivity contribution is 6.32. The Hall–Kier alpha value is -2.27. The number of anilines is 1. The van der Waals surface area contributed by atoms with Gasteiger partial charge in [0.2, 0.25) is 5.91 Å². The molecule has 1 amide bonds. The molecule has 26 heavy (non-hydrogen) atoms. The topological polar surface area (TPSA) is 38.8 Å². The molecule has 0 aliphatic carbocycles. The van der Waals surface area contributed by atoms with Gasteiger partial charge >= 0.3 is 0 Å². The van der Waals surface area contributed by atoms with E-state index in [4.69, 9.17) is 21.1 Å². The van der Waals surface area contributed by atoms with E-state index in [1.165, 1.54) is 11.0 Å². The molecular formula is C20H21ClFNO3. The van der Waals surface area contributed by atoms with Gasteiger partial charge in [-0.15, -0.1) is 0 Å². The fourth-order valence-corrected chi connectivity index (χ4v) is 3.53. The maximum absolute atomic E-state index is 14.3. The number of carbonyl (C=O) groups excluding carboxylic acids is 1. The molecule has 1 aliphatic rings. The fourth-order valence-electron chi connectivity index (χ4n) is 3.28. The third-order valence-corrected chi connectivity index (χ3v) is 4.95. The first-order valence-corrected chi connectivity index (χ1v) is 8.90. The van der Waals surface area contributed by atoms with Crippen LogP contribution in [0, 0.1) is 5.82 Å². The van der Waals surface area contributed by atoms with Crippen LogP contribution in [0.4, 0.5) is 10.1 Å². The lowest BCUT2D eigenvalue weighted by atomic mass is 10.00. The Morgan fingerprint density at radius 1 is 1.19 bits per heavy atom. The van der Waals surface area contributed by atoms with Crippen molar-refractivity contribution in [2.75, 3.05) is 25.7 Å². The van der Waals surface area contributed by atoms with E-state index >= 15 is 0 Å². The van der Waals surface area contributed by atoms with E-state index in [-0.39, 0.29) is 12.3 Å². The van der Waals surface area contributed by atoms with E-state index in [0.717, 1.165) is 12.0 Å². The summed E-state index contributed by atoms with van der Waals surface area (Å²) in [5.74, 6) is 0.829. The number of methoxy groups -OCH3 is 2. The molecule has 2 aromatic rings. The summed E-state index contributed by atoms with van der Waals surface area (Å²) in [6, 6.07) is 8.39. The maximum Gasteiger partial charge on any atom is 0.227 e. The summed E-state index contributed by atoms with van der Waals surface area (Å²) in [7, 11) is 3.17. The molecule has 0 N–H and O–H groups in total. The van der Waals surface area contributed by atoms with Gasteiger partial charge in [-0.1, -0.05) is 11.6 Å². The Bertz CT molecular complexity index is 803. The SMILES string of the molecule is COc1cc(CCC(=O)N2CCCc3c(Cl)ccc(F)c32)cc(OC)c1. The van der Waals surface area contributed by atoms with Crippen molar-refractivity contribution in [2.45, 2.75) is 25.7 Å². The van der Waals surface area contributed by atoms with Crippen LogP contribution in [-0.2, 0) is 17.6 Å². The van der Waals surface area contributed by atoms with E-state index in [1.54, 1.807) is 26.4 Å². The van der Waals surface area contributed by atoms with Crippen molar-refractivity contribution in [1.82, 2.24) is 0 Å². The van der Waals surface area contributed by atoms with Crippen molar-refractivity contribution in [2.24, 2.45) is 0 Å². The van der Waals surface area contributed by atoms with E-state index in [1.807, 2.05) is 12.1 Å². The number of fused-ring (bicyclic) bond motifs is 1. The van der Waals surface area contributed by atoms with Crippen LogP contribution in [0.1, 0.15) is 24.0 Å². The molecule has 2 aromatic carbocycles.